The minimum Gasteiger partial charge on any atom is -0.496 e. The molecule has 0 saturated carbocycles. The quantitative estimate of drug-likeness (QED) is 0.863. The van der Waals surface area contributed by atoms with E-state index in [1.54, 1.807) is 7.11 Å². The van der Waals surface area contributed by atoms with Gasteiger partial charge in [-0.1, -0.05) is 26.0 Å². The molecule has 1 aromatic carbocycles. The molecule has 1 aromatic rings. The molecule has 1 saturated heterocycles. The normalized spacial score (nSPS) is 24.3. The van der Waals surface area contributed by atoms with Crippen molar-refractivity contribution in [3.63, 3.8) is 0 Å². The first-order valence-corrected chi connectivity index (χ1v) is 6.50. The Morgan fingerprint density at radius 2 is 2.12 bits per heavy atom. The van der Waals surface area contributed by atoms with Gasteiger partial charge in [-0.05, 0) is 49.4 Å². The summed E-state index contributed by atoms with van der Waals surface area (Å²) in [4.78, 5) is 0. The summed E-state index contributed by atoms with van der Waals surface area (Å²) >= 11 is 0. The molecular weight excluding hydrogens is 210 g/mol. The topological polar surface area (TPSA) is 21.3 Å². The van der Waals surface area contributed by atoms with Crippen LogP contribution in [0.15, 0.2) is 18.2 Å². The summed E-state index contributed by atoms with van der Waals surface area (Å²) in [6.45, 7) is 7.80. The van der Waals surface area contributed by atoms with Gasteiger partial charge in [-0.3, -0.25) is 0 Å². The van der Waals surface area contributed by atoms with Crippen LogP contribution in [0.3, 0.4) is 0 Å². The van der Waals surface area contributed by atoms with Crippen LogP contribution in [0.25, 0.3) is 0 Å². The van der Waals surface area contributed by atoms with Gasteiger partial charge in [-0.15, -0.1) is 0 Å². The Morgan fingerprint density at radius 3 is 2.65 bits per heavy atom. The highest BCUT2D eigenvalue weighted by Gasteiger charge is 2.30. The first-order valence-electron chi connectivity index (χ1n) is 6.50. The molecule has 1 unspecified atom stereocenters. The second kappa shape index (κ2) is 4.69. The third-order valence-electron chi connectivity index (χ3n) is 3.86. The van der Waals surface area contributed by atoms with Crippen LogP contribution in [0.1, 0.15) is 50.7 Å². The molecular formula is C15H23NO. The van der Waals surface area contributed by atoms with Crippen molar-refractivity contribution in [2.75, 3.05) is 13.7 Å². The third-order valence-corrected chi connectivity index (χ3v) is 3.86. The van der Waals surface area contributed by atoms with Gasteiger partial charge in [-0.2, -0.15) is 0 Å². The van der Waals surface area contributed by atoms with Gasteiger partial charge < -0.3 is 10.1 Å². The molecule has 1 fully saturated rings. The fraction of sp³-hybridized carbons (Fsp3) is 0.600. The average Bonchev–Trinajstić information content (AvgIpc) is 2.76. The van der Waals surface area contributed by atoms with E-state index >= 15 is 0 Å². The maximum Gasteiger partial charge on any atom is 0.122 e. The first kappa shape index (κ1) is 12.4. The lowest BCUT2D eigenvalue weighted by molar-refractivity contribution is 0.398. The molecule has 1 aliphatic heterocycles. The van der Waals surface area contributed by atoms with Gasteiger partial charge in [0.25, 0.3) is 0 Å². The standard InChI is InChI=1S/C15H23NO/c1-11(2)13-7-6-12(10-14(13)17-4)15(3)8-5-9-16-15/h6-7,10-11,16H,5,8-9H2,1-4H3. The number of nitrogens with one attached hydrogen (secondary N) is 1. The Hall–Kier alpha value is -1.02. The Labute approximate surface area is 104 Å². The maximum atomic E-state index is 5.52. The lowest BCUT2D eigenvalue weighted by Crippen LogP contribution is -2.33. The van der Waals surface area contributed by atoms with Crippen molar-refractivity contribution in [3.05, 3.63) is 29.3 Å². The molecule has 2 nitrogen and oxygen atoms in total. The molecule has 1 aliphatic rings. The van der Waals surface area contributed by atoms with E-state index in [0.29, 0.717) is 5.92 Å². The first-order chi connectivity index (χ1) is 8.07. The molecule has 94 valence electrons. The summed E-state index contributed by atoms with van der Waals surface area (Å²) in [6, 6.07) is 6.66. The van der Waals surface area contributed by atoms with Gasteiger partial charge >= 0.3 is 0 Å². The van der Waals surface area contributed by atoms with Crippen LogP contribution >= 0.6 is 0 Å². The minimum atomic E-state index is 0.128. The molecule has 0 spiro atoms. The number of methoxy groups -OCH3 is 1. The summed E-state index contributed by atoms with van der Waals surface area (Å²) in [5.41, 5.74) is 2.76. The number of rotatable bonds is 3. The van der Waals surface area contributed by atoms with E-state index in [9.17, 15) is 0 Å². The summed E-state index contributed by atoms with van der Waals surface area (Å²) in [5, 5.41) is 3.59. The molecule has 2 rings (SSSR count). The number of hydrogen-bond donors (Lipinski definition) is 1. The van der Waals surface area contributed by atoms with Crippen molar-refractivity contribution in [3.8, 4) is 5.75 Å². The number of hydrogen-bond acceptors (Lipinski definition) is 2. The van der Waals surface area contributed by atoms with E-state index in [0.717, 1.165) is 12.3 Å². The van der Waals surface area contributed by atoms with E-state index in [1.165, 1.54) is 24.0 Å². The number of ether oxygens (including phenoxy) is 1. The zero-order valence-corrected chi connectivity index (χ0v) is 11.3. The molecule has 1 N–H and O–H groups in total. The van der Waals surface area contributed by atoms with Crippen LogP contribution in [0.5, 0.6) is 5.75 Å². The van der Waals surface area contributed by atoms with Crippen molar-refractivity contribution >= 4 is 0 Å². The fourth-order valence-corrected chi connectivity index (χ4v) is 2.67. The van der Waals surface area contributed by atoms with E-state index in [4.69, 9.17) is 4.74 Å². The molecule has 2 heteroatoms. The fourth-order valence-electron chi connectivity index (χ4n) is 2.67. The third kappa shape index (κ3) is 2.32. The molecule has 1 atom stereocenters. The monoisotopic (exact) mass is 233 g/mol. The molecule has 0 aromatic heterocycles. The van der Waals surface area contributed by atoms with Gasteiger partial charge in [0.1, 0.15) is 5.75 Å². The van der Waals surface area contributed by atoms with Crippen molar-refractivity contribution in [2.45, 2.75) is 45.1 Å². The SMILES string of the molecule is COc1cc(C2(C)CCCN2)ccc1C(C)C. The molecule has 1 heterocycles. The van der Waals surface area contributed by atoms with E-state index in [-0.39, 0.29) is 5.54 Å². The largest absolute Gasteiger partial charge is 0.496 e. The smallest absolute Gasteiger partial charge is 0.122 e. The molecule has 0 radical (unpaired) electrons. The van der Waals surface area contributed by atoms with E-state index in [1.807, 2.05) is 0 Å². The lowest BCUT2D eigenvalue weighted by Gasteiger charge is -2.26. The summed E-state index contributed by atoms with van der Waals surface area (Å²) in [6.07, 6.45) is 2.46. The van der Waals surface area contributed by atoms with Gasteiger partial charge in [0, 0.05) is 5.54 Å². The zero-order valence-electron chi connectivity index (χ0n) is 11.3. The Bertz CT molecular complexity index is 392. The second-order valence-corrected chi connectivity index (χ2v) is 5.47. The number of benzene rings is 1. The summed E-state index contributed by atoms with van der Waals surface area (Å²) < 4.78 is 5.52. The Kier molecular flexibility index (Phi) is 3.43. The van der Waals surface area contributed by atoms with Crippen molar-refractivity contribution in [1.82, 2.24) is 5.32 Å². The molecule has 0 amide bonds. The molecule has 17 heavy (non-hydrogen) atoms. The highest BCUT2D eigenvalue weighted by Crippen LogP contribution is 2.35. The van der Waals surface area contributed by atoms with Crippen molar-refractivity contribution < 1.29 is 4.74 Å². The zero-order chi connectivity index (χ0) is 12.5. The Balaban J connectivity index is 2.37. The van der Waals surface area contributed by atoms with Gasteiger partial charge in [0.15, 0.2) is 0 Å². The summed E-state index contributed by atoms with van der Waals surface area (Å²) in [5.74, 6) is 1.52. The van der Waals surface area contributed by atoms with Gasteiger partial charge in [-0.25, -0.2) is 0 Å². The predicted octanol–water partition coefficient (Wildman–Crippen LogP) is 3.42. The molecule has 0 bridgehead atoms. The van der Waals surface area contributed by atoms with Crippen LogP contribution < -0.4 is 10.1 Å². The van der Waals surface area contributed by atoms with E-state index < -0.39 is 0 Å². The van der Waals surface area contributed by atoms with E-state index in [2.05, 4.69) is 44.3 Å². The highest BCUT2D eigenvalue weighted by atomic mass is 16.5. The summed E-state index contributed by atoms with van der Waals surface area (Å²) in [7, 11) is 1.76. The average molecular weight is 233 g/mol. The van der Waals surface area contributed by atoms with Crippen LogP contribution in [0.4, 0.5) is 0 Å². The lowest BCUT2D eigenvalue weighted by atomic mass is 9.88. The molecule has 0 aliphatic carbocycles. The minimum absolute atomic E-state index is 0.128. The van der Waals surface area contributed by atoms with Gasteiger partial charge in [0.05, 0.1) is 7.11 Å². The van der Waals surface area contributed by atoms with Crippen molar-refractivity contribution in [1.29, 1.82) is 0 Å². The predicted molar refractivity (Wildman–Crippen MR) is 71.7 cm³/mol. The van der Waals surface area contributed by atoms with Crippen LogP contribution in [0, 0.1) is 0 Å². The van der Waals surface area contributed by atoms with Crippen LogP contribution in [-0.2, 0) is 5.54 Å². The van der Waals surface area contributed by atoms with Crippen LogP contribution in [0.2, 0.25) is 0 Å². The van der Waals surface area contributed by atoms with Crippen LogP contribution in [-0.4, -0.2) is 13.7 Å². The maximum absolute atomic E-state index is 5.52. The second-order valence-electron chi connectivity index (χ2n) is 5.47. The van der Waals surface area contributed by atoms with Gasteiger partial charge in [0.2, 0.25) is 0 Å². The highest BCUT2D eigenvalue weighted by molar-refractivity contribution is 5.42. The Morgan fingerprint density at radius 1 is 1.35 bits per heavy atom. The van der Waals surface area contributed by atoms with Crippen molar-refractivity contribution in [2.24, 2.45) is 0 Å².